The minimum Gasteiger partial charge on any atom is -0.388 e. The molecule has 3 aliphatic carbocycles. The molecule has 0 N–H and O–H groups in total. The van der Waals surface area contributed by atoms with Crippen molar-refractivity contribution in [1.29, 1.82) is 0 Å². The molecule has 0 spiro atoms. The molecule has 3 saturated carbocycles. The van der Waals surface area contributed by atoms with Gasteiger partial charge in [0.2, 0.25) is 0 Å². The molecule has 0 aliphatic heterocycles. The number of ketones is 1. The zero-order chi connectivity index (χ0) is 50.9. The Kier molecular flexibility index (Phi) is 25.7. The average molecular weight is 916 g/mol. The molecule has 67 heavy (non-hydrogen) atoms. The quantitative estimate of drug-likeness (QED) is 0.204. The van der Waals surface area contributed by atoms with Crippen LogP contribution in [0.2, 0.25) is 0 Å². The smallest absolute Gasteiger partial charge is 0.126 e. The van der Waals surface area contributed by atoms with Gasteiger partial charge in [0.25, 0.3) is 0 Å². The Hall–Kier alpha value is -3.49. The predicted molar refractivity (Wildman–Crippen MR) is 298 cm³/mol. The highest BCUT2D eigenvalue weighted by molar-refractivity contribution is 5.84. The Balaban J connectivity index is 0.000000334. The number of hydrogen-bond donors (Lipinski definition) is 0. The zero-order valence-corrected chi connectivity index (χ0v) is 47.6. The molecule has 3 aliphatic rings. The van der Waals surface area contributed by atoms with Gasteiger partial charge in [0.15, 0.2) is 0 Å². The van der Waals surface area contributed by atoms with Crippen molar-refractivity contribution < 1.29 is 9.53 Å². The van der Waals surface area contributed by atoms with Crippen LogP contribution in [0.3, 0.4) is 0 Å². The molecule has 4 atom stereocenters. The summed E-state index contributed by atoms with van der Waals surface area (Å²) in [6, 6.07) is 17.8. The number of benzene rings is 4. The second-order valence-corrected chi connectivity index (χ2v) is 22.2. The van der Waals surface area contributed by atoms with Crippen LogP contribution in [-0.2, 0) is 9.53 Å². The molecule has 0 radical (unpaired) electrons. The normalized spacial score (nSPS) is 23.0. The molecule has 0 bridgehead atoms. The molecule has 0 heterocycles. The molecule has 0 saturated heterocycles. The monoisotopic (exact) mass is 915 g/mol. The molecular formula is C65H102O2. The zero-order valence-electron chi connectivity index (χ0n) is 47.6. The maximum atomic E-state index is 9.44. The molecular weight excluding hydrogens is 813 g/mol. The van der Waals surface area contributed by atoms with Gasteiger partial charge in [-0.1, -0.05) is 147 Å². The van der Waals surface area contributed by atoms with E-state index in [9.17, 15) is 4.79 Å². The summed E-state index contributed by atoms with van der Waals surface area (Å²) in [7, 11) is 3.25. The van der Waals surface area contributed by atoms with Crippen molar-refractivity contribution in [2.45, 2.75) is 215 Å². The first-order valence-corrected chi connectivity index (χ1v) is 26.7. The third-order valence-electron chi connectivity index (χ3n) is 16.3. The summed E-state index contributed by atoms with van der Waals surface area (Å²) in [5.74, 6) is 7.54. The van der Waals surface area contributed by atoms with Crippen molar-refractivity contribution in [3.05, 3.63) is 115 Å². The molecule has 0 amide bonds. The fraction of sp³-hybridized carbons (Fsp3) is 0.615. The molecule has 374 valence electrons. The Labute approximate surface area is 415 Å². The van der Waals surface area contributed by atoms with E-state index in [2.05, 4.69) is 178 Å². The van der Waals surface area contributed by atoms with Gasteiger partial charge in [0.05, 0.1) is 0 Å². The number of hydrogen-bond acceptors (Lipinski definition) is 2. The van der Waals surface area contributed by atoms with Crippen LogP contribution in [0.1, 0.15) is 212 Å². The summed E-state index contributed by atoms with van der Waals surface area (Å²) in [4.78, 5) is 9.44. The first kappa shape index (κ1) is 59.6. The van der Waals surface area contributed by atoms with Crippen molar-refractivity contribution in [2.24, 2.45) is 35.5 Å². The average Bonchev–Trinajstić information content (AvgIpc) is 3.50. The van der Waals surface area contributed by atoms with Crippen LogP contribution in [0.4, 0.5) is 0 Å². The van der Waals surface area contributed by atoms with Gasteiger partial charge >= 0.3 is 0 Å². The lowest BCUT2D eigenvalue weighted by Gasteiger charge is -2.35. The van der Waals surface area contributed by atoms with E-state index in [1.54, 1.807) is 47.6 Å². The number of Topliss-reactive ketones (excluding diaryl/α,β-unsaturated/α-hetero) is 1. The summed E-state index contributed by atoms with van der Waals surface area (Å²) in [5.41, 5.74) is 23.5. The van der Waals surface area contributed by atoms with Crippen LogP contribution >= 0.6 is 0 Å². The minimum absolute atomic E-state index is 0.167. The molecule has 7 rings (SSSR count). The minimum atomic E-state index is 0.167. The van der Waals surface area contributed by atoms with Gasteiger partial charge in [0.1, 0.15) is 5.78 Å². The van der Waals surface area contributed by atoms with Gasteiger partial charge in [-0.25, -0.2) is 0 Å². The van der Waals surface area contributed by atoms with Gasteiger partial charge in [0, 0.05) is 14.2 Å². The van der Waals surface area contributed by atoms with Crippen LogP contribution < -0.4 is 0 Å². The number of ether oxygens (including phenoxy) is 1. The number of aryl methyl sites for hydroxylation is 2. The fourth-order valence-corrected chi connectivity index (χ4v) is 11.4. The molecule has 4 unspecified atom stereocenters. The van der Waals surface area contributed by atoms with Crippen LogP contribution in [0.15, 0.2) is 48.5 Å². The Morgan fingerprint density at radius 1 is 0.448 bits per heavy atom. The lowest BCUT2D eigenvalue weighted by molar-refractivity contribution is -0.115. The topological polar surface area (TPSA) is 26.3 Å². The van der Waals surface area contributed by atoms with Crippen molar-refractivity contribution >= 4 is 5.78 Å². The summed E-state index contributed by atoms with van der Waals surface area (Å²) in [5, 5.41) is 0. The predicted octanol–water partition coefficient (Wildman–Crippen LogP) is 19.6. The highest BCUT2D eigenvalue weighted by Crippen LogP contribution is 2.46. The van der Waals surface area contributed by atoms with Crippen molar-refractivity contribution in [3.8, 4) is 22.3 Å². The summed E-state index contributed by atoms with van der Waals surface area (Å²) >= 11 is 0. The van der Waals surface area contributed by atoms with Crippen LogP contribution in [0.5, 0.6) is 0 Å². The van der Waals surface area contributed by atoms with Crippen molar-refractivity contribution in [1.82, 2.24) is 0 Å². The molecule has 2 nitrogen and oxygen atoms in total. The van der Waals surface area contributed by atoms with Crippen LogP contribution in [-0.4, -0.2) is 20.0 Å². The maximum Gasteiger partial charge on any atom is 0.126 e. The summed E-state index contributed by atoms with van der Waals surface area (Å²) in [6.45, 7) is 44.7. The lowest BCUT2D eigenvalue weighted by atomic mass is 9.70. The van der Waals surface area contributed by atoms with Gasteiger partial charge < -0.3 is 9.53 Å². The van der Waals surface area contributed by atoms with Crippen molar-refractivity contribution in [3.63, 3.8) is 0 Å². The maximum absolute atomic E-state index is 9.44. The lowest BCUT2D eigenvalue weighted by Crippen LogP contribution is -2.18. The largest absolute Gasteiger partial charge is 0.388 e. The first-order valence-electron chi connectivity index (χ1n) is 26.7. The standard InChI is InChI=1S/C24H38.C24H26.C9H18.C3H6O.C3H8.C2H6O/c2*1-15-7-11-21(12-8-15)23-18(4)17(3)19(5)24(20(23)6)22-13-9-16(2)10-14-22;1-6-5-7(2)9(4)8(6)3;1-3(2)4;2*1-3-2/h15-16,21-22H,7-14H2,1-6H3;7-14H,1-6H3;6-9H,5H2,1-4H3;1-2H3;3H2,1-2H3;1-2H3. The Morgan fingerprint density at radius 2 is 0.716 bits per heavy atom. The summed E-state index contributed by atoms with van der Waals surface area (Å²) < 4.78 is 4.25. The van der Waals surface area contributed by atoms with E-state index in [-0.39, 0.29) is 5.78 Å². The molecule has 3 fully saturated rings. The highest BCUT2D eigenvalue weighted by atomic mass is 16.4. The molecule has 0 aromatic heterocycles. The second kappa shape index (κ2) is 28.9. The van der Waals surface area contributed by atoms with E-state index in [0.29, 0.717) is 0 Å². The third kappa shape index (κ3) is 16.9. The Morgan fingerprint density at radius 3 is 0.970 bits per heavy atom. The number of carbonyl (C=O) groups excluding carboxylic acids is 1. The number of rotatable bonds is 4. The third-order valence-corrected chi connectivity index (χ3v) is 16.3. The molecule has 4 aromatic rings. The van der Waals surface area contributed by atoms with Gasteiger partial charge in [-0.3, -0.25) is 0 Å². The van der Waals surface area contributed by atoms with Gasteiger partial charge in [-0.15, -0.1) is 0 Å². The van der Waals surface area contributed by atoms with E-state index in [1.807, 2.05) is 0 Å². The van der Waals surface area contributed by atoms with E-state index in [4.69, 9.17) is 0 Å². The highest BCUT2D eigenvalue weighted by Gasteiger charge is 2.32. The molecule has 2 heteroatoms. The Bertz CT molecular complexity index is 1940. The fourth-order valence-electron chi connectivity index (χ4n) is 11.4. The van der Waals surface area contributed by atoms with Gasteiger partial charge in [-0.2, -0.15) is 0 Å². The van der Waals surface area contributed by atoms with Gasteiger partial charge in [-0.05, 0) is 240 Å². The van der Waals surface area contributed by atoms with E-state index >= 15 is 0 Å². The van der Waals surface area contributed by atoms with E-state index in [0.717, 1.165) is 47.3 Å². The van der Waals surface area contributed by atoms with Crippen molar-refractivity contribution in [2.75, 3.05) is 14.2 Å². The van der Waals surface area contributed by atoms with Crippen LogP contribution in [0, 0.1) is 105 Å². The van der Waals surface area contributed by atoms with E-state index in [1.165, 1.54) is 134 Å². The SMILES string of the molecule is CC(C)=O.CC1CC(C)C(C)C1C.CCC.COC.Cc1c(C)c(C2CCC(C)CC2)c(C)c(C2CCC(C)CC2)c1C.Cc1ccc(-c2c(C)c(C)c(C)c(-c3ccc(C)cc3)c2C)cc1. The first-order chi connectivity index (χ1) is 31.5. The molecule has 4 aromatic carbocycles. The number of methoxy groups -OCH3 is 1. The van der Waals surface area contributed by atoms with E-state index < -0.39 is 0 Å². The number of carbonyl (C=O) groups is 1. The van der Waals surface area contributed by atoms with Crippen LogP contribution in [0.25, 0.3) is 22.3 Å². The summed E-state index contributed by atoms with van der Waals surface area (Å²) in [6.07, 6.45) is 14.0. The second-order valence-electron chi connectivity index (χ2n) is 22.2.